The Hall–Kier alpha value is -2.62. The predicted octanol–water partition coefficient (Wildman–Crippen LogP) is 1.59. The van der Waals surface area contributed by atoms with Crippen LogP contribution in [-0.2, 0) is 6.54 Å². The number of nitrogens with one attached hydrogen (secondary N) is 2. The highest BCUT2D eigenvalue weighted by atomic mass is 32.1. The minimum atomic E-state index is -0.987. The maximum atomic E-state index is 12.5. The van der Waals surface area contributed by atoms with Crippen LogP contribution in [0.1, 0.15) is 32.5 Å². The SMILES string of the molecule is CCN1C(=O)c2ccc(CN3CCN(c4ccc(C(=O)NC)s4)CC3)cc2NC1O. The molecule has 0 spiro atoms. The summed E-state index contributed by atoms with van der Waals surface area (Å²) in [5.41, 5.74) is 2.40. The molecule has 0 bridgehead atoms. The van der Waals surface area contributed by atoms with Crippen molar-refractivity contribution in [3.05, 3.63) is 46.3 Å². The number of nitrogens with zero attached hydrogens (tertiary/aromatic N) is 3. The molecule has 0 saturated carbocycles. The molecule has 2 aliphatic heterocycles. The predicted molar refractivity (Wildman–Crippen MR) is 118 cm³/mol. The number of anilines is 2. The van der Waals surface area contributed by atoms with E-state index in [9.17, 15) is 14.7 Å². The summed E-state index contributed by atoms with van der Waals surface area (Å²) < 4.78 is 0. The Morgan fingerprint density at radius 3 is 2.70 bits per heavy atom. The standard InChI is InChI=1S/C21H27N5O3S/c1-3-26-20(28)15-5-4-14(12-16(15)23-21(26)29)13-24-8-10-25(11-9-24)18-7-6-17(30-18)19(27)22-2/h4-7,12,21,23,29H,3,8-11,13H2,1-2H3,(H,22,27). The summed E-state index contributed by atoms with van der Waals surface area (Å²) in [5, 5.41) is 16.9. The van der Waals surface area contributed by atoms with Gasteiger partial charge in [-0.25, -0.2) is 0 Å². The lowest BCUT2D eigenvalue weighted by atomic mass is 10.0. The highest BCUT2D eigenvalue weighted by Crippen LogP contribution is 2.28. The van der Waals surface area contributed by atoms with Crippen molar-refractivity contribution in [3.63, 3.8) is 0 Å². The van der Waals surface area contributed by atoms with Crippen molar-refractivity contribution >= 4 is 33.8 Å². The molecule has 3 N–H and O–H groups in total. The van der Waals surface area contributed by atoms with Crippen molar-refractivity contribution in [2.45, 2.75) is 19.8 Å². The van der Waals surface area contributed by atoms with Crippen LogP contribution in [0.4, 0.5) is 10.7 Å². The lowest BCUT2D eigenvalue weighted by molar-refractivity contribution is 0.0210. The lowest BCUT2D eigenvalue weighted by Crippen LogP contribution is -2.48. The van der Waals surface area contributed by atoms with Crippen LogP contribution in [0.2, 0.25) is 0 Å². The number of aliphatic hydroxyl groups excluding tert-OH is 1. The van der Waals surface area contributed by atoms with Gasteiger partial charge in [-0.2, -0.15) is 0 Å². The number of amides is 2. The van der Waals surface area contributed by atoms with Gasteiger partial charge in [0.05, 0.1) is 21.1 Å². The molecule has 1 aromatic heterocycles. The number of thiophene rings is 1. The van der Waals surface area contributed by atoms with E-state index >= 15 is 0 Å². The fourth-order valence-electron chi connectivity index (χ4n) is 3.92. The van der Waals surface area contributed by atoms with Crippen LogP contribution in [0.3, 0.4) is 0 Å². The summed E-state index contributed by atoms with van der Waals surface area (Å²) in [4.78, 5) is 31.1. The van der Waals surface area contributed by atoms with Gasteiger partial charge in [-0.15, -0.1) is 11.3 Å². The molecule has 8 nitrogen and oxygen atoms in total. The van der Waals surface area contributed by atoms with Gasteiger partial charge in [0.1, 0.15) is 0 Å². The minimum Gasteiger partial charge on any atom is -0.361 e. The van der Waals surface area contributed by atoms with Crippen molar-refractivity contribution in [2.24, 2.45) is 0 Å². The van der Waals surface area contributed by atoms with Crippen molar-refractivity contribution in [1.82, 2.24) is 15.1 Å². The molecule has 30 heavy (non-hydrogen) atoms. The van der Waals surface area contributed by atoms with Crippen LogP contribution in [0.15, 0.2) is 30.3 Å². The van der Waals surface area contributed by atoms with Gasteiger partial charge in [-0.3, -0.25) is 19.4 Å². The summed E-state index contributed by atoms with van der Waals surface area (Å²) >= 11 is 1.52. The first-order valence-corrected chi connectivity index (χ1v) is 11.0. The molecule has 4 rings (SSSR count). The third kappa shape index (κ3) is 4.00. The molecule has 160 valence electrons. The largest absolute Gasteiger partial charge is 0.361 e. The van der Waals surface area contributed by atoms with E-state index in [2.05, 4.69) is 20.4 Å². The van der Waals surface area contributed by atoms with Gasteiger partial charge in [-0.1, -0.05) is 6.07 Å². The summed E-state index contributed by atoms with van der Waals surface area (Å²) in [6, 6.07) is 9.69. The lowest BCUT2D eigenvalue weighted by Gasteiger charge is -2.36. The average molecular weight is 430 g/mol. The van der Waals surface area contributed by atoms with E-state index in [-0.39, 0.29) is 11.8 Å². The smallest absolute Gasteiger partial charge is 0.261 e. The average Bonchev–Trinajstić information content (AvgIpc) is 3.24. The Balaban J connectivity index is 1.37. The van der Waals surface area contributed by atoms with Crippen LogP contribution >= 0.6 is 11.3 Å². The Kier molecular flexibility index (Phi) is 5.94. The monoisotopic (exact) mass is 429 g/mol. The molecule has 2 aliphatic rings. The molecular weight excluding hydrogens is 402 g/mol. The van der Waals surface area contributed by atoms with Crippen molar-refractivity contribution in [2.75, 3.05) is 50.0 Å². The van der Waals surface area contributed by atoms with Crippen molar-refractivity contribution in [3.8, 4) is 0 Å². The molecule has 3 heterocycles. The molecule has 0 aliphatic carbocycles. The molecule has 1 aromatic carbocycles. The Morgan fingerprint density at radius 1 is 1.23 bits per heavy atom. The number of benzene rings is 1. The summed E-state index contributed by atoms with van der Waals surface area (Å²) in [5.74, 6) is -0.192. The van der Waals surface area contributed by atoms with E-state index in [1.54, 1.807) is 7.05 Å². The zero-order chi connectivity index (χ0) is 21.3. The second-order valence-corrected chi connectivity index (χ2v) is 8.53. The number of carbonyl (C=O) groups is 2. The van der Waals surface area contributed by atoms with E-state index in [1.807, 2.05) is 37.3 Å². The topological polar surface area (TPSA) is 88.2 Å². The minimum absolute atomic E-state index is 0.0448. The second-order valence-electron chi connectivity index (χ2n) is 7.47. The van der Waals surface area contributed by atoms with Crippen molar-refractivity contribution < 1.29 is 14.7 Å². The van der Waals surface area contributed by atoms with Gasteiger partial charge < -0.3 is 20.6 Å². The third-order valence-electron chi connectivity index (χ3n) is 5.63. The molecular formula is C21H27N5O3S. The van der Waals surface area contributed by atoms with Crippen LogP contribution < -0.4 is 15.5 Å². The molecule has 2 aromatic rings. The number of fused-ring (bicyclic) bond motifs is 1. The van der Waals surface area contributed by atoms with Crippen LogP contribution in [-0.4, -0.2) is 72.8 Å². The molecule has 1 atom stereocenters. The summed E-state index contributed by atoms with van der Waals surface area (Å²) in [6.07, 6.45) is -0.987. The number of hydrogen-bond donors (Lipinski definition) is 3. The first-order valence-electron chi connectivity index (χ1n) is 10.2. The van der Waals surface area contributed by atoms with Crippen LogP contribution in [0, 0.1) is 0 Å². The second kappa shape index (κ2) is 8.63. The van der Waals surface area contributed by atoms with Gasteiger partial charge in [-0.05, 0) is 36.8 Å². The number of piperazine rings is 1. The Labute approximate surface area is 180 Å². The normalized spacial score (nSPS) is 19.4. The van der Waals surface area contributed by atoms with E-state index in [0.717, 1.165) is 48.2 Å². The molecule has 1 unspecified atom stereocenters. The van der Waals surface area contributed by atoms with E-state index < -0.39 is 6.35 Å². The first-order chi connectivity index (χ1) is 14.5. The zero-order valence-electron chi connectivity index (χ0n) is 17.2. The molecule has 1 saturated heterocycles. The molecule has 9 heteroatoms. The van der Waals surface area contributed by atoms with Gasteiger partial charge in [0.2, 0.25) is 6.35 Å². The third-order valence-corrected chi connectivity index (χ3v) is 6.77. The van der Waals surface area contributed by atoms with Gasteiger partial charge >= 0.3 is 0 Å². The van der Waals surface area contributed by atoms with Gasteiger partial charge in [0.15, 0.2) is 0 Å². The number of hydrogen-bond acceptors (Lipinski definition) is 7. The van der Waals surface area contributed by atoms with Crippen LogP contribution in [0.25, 0.3) is 0 Å². The highest BCUT2D eigenvalue weighted by Gasteiger charge is 2.29. The Morgan fingerprint density at radius 2 is 2.00 bits per heavy atom. The maximum absolute atomic E-state index is 12.5. The Bertz CT molecular complexity index is 938. The fraction of sp³-hybridized carbons (Fsp3) is 0.429. The number of aliphatic hydroxyl groups is 1. The fourth-order valence-corrected chi connectivity index (χ4v) is 4.93. The highest BCUT2D eigenvalue weighted by molar-refractivity contribution is 7.18. The molecule has 0 radical (unpaired) electrons. The van der Waals surface area contributed by atoms with Gasteiger partial charge in [0, 0.05) is 46.3 Å². The molecule has 2 amide bonds. The van der Waals surface area contributed by atoms with E-state index in [4.69, 9.17) is 0 Å². The van der Waals surface area contributed by atoms with Crippen molar-refractivity contribution in [1.29, 1.82) is 0 Å². The quantitative estimate of drug-likeness (QED) is 0.669. The number of carbonyl (C=O) groups excluding carboxylic acids is 2. The summed E-state index contributed by atoms with van der Waals surface area (Å²) in [6.45, 7) is 6.73. The van der Waals surface area contributed by atoms with Crippen LogP contribution in [0.5, 0.6) is 0 Å². The maximum Gasteiger partial charge on any atom is 0.261 e. The first kappa shape index (κ1) is 20.6. The zero-order valence-corrected chi connectivity index (χ0v) is 18.0. The van der Waals surface area contributed by atoms with E-state index in [0.29, 0.717) is 17.8 Å². The summed E-state index contributed by atoms with van der Waals surface area (Å²) in [7, 11) is 1.65. The molecule has 1 fully saturated rings. The van der Waals surface area contributed by atoms with Gasteiger partial charge in [0.25, 0.3) is 11.8 Å². The number of rotatable bonds is 5. The van der Waals surface area contributed by atoms with E-state index in [1.165, 1.54) is 16.2 Å².